The number of hydrogen-bond acceptors (Lipinski definition) is 5. The summed E-state index contributed by atoms with van der Waals surface area (Å²) in [6.07, 6.45) is 0.935. The molecule has 2 aromatic carbocycles. The fourth-order valence-electron chi connectivity index (χ4n) is 4.47. The molecule has 7 nitrogen and oxygen atoms in total. The summed E-state index contributed by atoms with van der Waals surface area (Å²) in [7, 11) is 1.53. The Morgan fingerprint density at radius 2 is 1.97 bits per heavy atom. The molecule has 0 aliphatic heterocycles. The van der Waals surface area contributed by atoms with E-state index in [0.29, 0.717) is 29.7 Å². The first kappa shape index (κ1) is 20.9. The first-order chi connectivity index (χ1) is 15.8. The molecule has 1 saturated carbocycles. The lowest BCUT2D eigenvalue weighted by atomic mass is 9.77. The maximum Gasteiger partial charge on any atom is 0.254 e. The number of aliphatic hydroxyl groups is 1. The molecule has 0 amide bonds. The van der Waals surface area contributed by atoms with Gasteiger partial charge in [0.25, 0.3) is 5.69 Å². The van der Waals surface area contributed by atoms with Crippen molar-refractivity contribution in [3.8, 4) is 28.3 Å². The molecule has 0 radical (unpaired) electrons. The summed E-state index contributed by atoms with van der Waals surface area (Å²) < 4.78 is 22.9. The quantitative estimate of drug-likeness (QED) is 0.427. The molecule has 4 aromatic rings. The molecule has 33 heavy (non-hydrogen) atoms. The number of nitrogens with zero attached hydrogens (tertiary/aromatic N) is 4. The average molecular weight is 443 g/mol. The Balaban J connectivity index is 1.69. The van der Waals surface area contributed by atoms with Gasteiger partial charge in [0, 0.05) is 22.6 Å². The van der Waals surface area contributed by atoms with E-state index in [9.17, 15) is 5.11 Å². The lowest BCUT2D eigenvalue weighted by Crippen LogP contribution is -2.42. The monoisotopic (exact) mass is 443 g/mol. The standard InChI is InChI=1S/C25H22FN5O2/c1-25(32)12-15(13-25)31-24(27)23(28-2)22(30-31)17-10-9-16-19(33-3)11-18(29-21(16)20(17)26)14-7-5-4-6-8-14/h4-11,15,32H,12-13,27H2,1,3H3. The number of rotatable bonds is 4. The summed E-state index contributed by atoms with van der Waals surface area (Å²) in [6, 6.07) is 14.4. The van der Waals surface area contributed by atoms with E-state index in [0.717, 1.165) is 5.56 Å². The number of aromatic nitrogens is 3. The zero-order chi connectivity index (χ0) is 23.3. The maximum absolute atomic E-state index is 15.9. The van der Waals surface area contributed by atoms with Crippen LogP contribution in [0.25, 0.3) is 38.3 Å². The molecule has 1 aliphatic rings. The lowest BCUT2D eigenvalue weighted by Gasteiger charge is -2.41. The van der Waals surface area contributed by atoms with E-state index in [4.69, 9.17) is 17.0 Å². The number of methoxy groups -OCH3 is 1. The van der Waals surface area contributed by atoms with Crippen LogP contribution in [-0.2, 0) is 0 Å². The molecule has 8 heteroatoms. The molecule has 1 fully saturated rings. The van der Waals surface area contributed by atoms with E-state index < -0.39 is 11.4 Å². The van der Waals surface area contributed by atoms with Gasteiger partial charge in [-0.2, -0.15) is 5.10 Å². The first-order valence-corrected chi connectivity index (χ1v) is 10.5. The van der Waals surface area contributed by atoms with Gasteiger partial charge < -0.3 is 15.6 Å². The van der Waals surface area contributed by atoms with Gasteiger partial charge in [-0.15, -0.1) is 0 Å². The molecule has 1 aliphatic carbocycles. The molecule has 0 spiro atoms. The highest BCUT2D eigenvalue weighted by Gasteiger charge is 2.41. The lowest BCUT2D eigenvalue weighted by molar-refractivity contribution is -0.0535. The molecule has 3 N–H and O–H groups in total. The third-order valence-corrected chi connectivity index (χ3v) is 6.16. The highest BCUT2D eigenvalue weighted by molar-refractivity contribution is 5.94. The normalized spacial score (nSPS) is 19.8. The van der Waals surface area contributed by atoms with Gasteiger partial charge in [-0.1, -0.05) is 36.4 Å². The Kier molecular flexibility index (Phi) is 4.80. The number of fused-ring (bicyclic) bond motifs is 1. The van der Waals surface area contributed by atoms with Crippen molar-refractivity contribution >= 4 is 22.4 Å². The van der Waals surface area contributed by atoms with Crippen molar-refractivity contribution in [3.63, 3.8) is 0 Å². The van der Waals surface area contributed by atoms with E-state index in [2.05, 4.69) is 14.9 Å². The fraction of sp³-hybridized carbons (Fsp3) is 0.240. The zero-order valence-electron chi connectivity index (χ0n) is 18.2. The molecule has 0 saturated heterocycles. The van der Waals surface area contributed by atoms with Crippen LogP contribution in [0.5, 0.6) is 5.75 Å². The van der Waals surface area contributed by atoms with Crippen molar-refractivity contribution in [2.75, 3.05) is 12.8 Å². The van der Waals surface area contributed by atoms with E-state index in [1.807, 2.05) is 30.3 Å². The first-order valence-electron chi connectivity index (χ1n) is 10.5. The third kappa shape index (κ3) is 3.38. The summed E-state index contributed by atoms with van der Waals surface area (Å²) in [4.78, 5) is 8.11. The minimum absolute atomic E-state index is 0.0889. The minimum Gasteiger partial charge on any atom is -0.496 e. The number of benzene rings is 2. The van der Waals surface area contributed by atoms with Crippen LogP contribution in [0.1, 0.15) is 25.8 Å². The Morgan fingerprint density at radius 3 is 2.61 bits per heavy atom. The topological polar surface area (TPSA) is 90.5 Å². The van der Waals surface area contributed by atoms with Gasteiger partial charge in [-0.3, -0.25) is 4.68 Å². The van der Waals surface area contributed by atoms with Crippen LogP contribution >= 0.6 is 0 Å². The molecular formula is C25H22FN5O2. The number of pyridine rings is 1. The van der Waals surface area contributed by atoms with Gasteiger partial charge in [0.1, 0.15) is 22.8 Å². The second kappa shape index (κ2) is 7.57. The van der Waals surface area contributed by atoms with Crippen LogP contribution < -0.4 is 10.5 Å². The number of anilines is 1. The number of nitrogen functional groups attached to an aromatic ring is 1. The van der Waals surface area contributed by atoms with Gasteiger partial charge in [0.15, 0.2) is 5.82 Å². The van der Waals surface area contributed by atoms with Crippen molar-refractivity contribution < 1.29 is 14.2 Å². The molecule has 0 unspecified atom stereocenters. The van der Waals surface area contributed by atoms with Gasteiger partial charge >= 0.3 is 0 Å². The Labute approximate surface area is 190 Å². The van der Waals surface area contributed by atoms with Gasteiger partial charge in [-0.05, 0) is 25.8 Å². The maximum atomic E-state index is 15.9. The number of ether oxygens (including phenoxy) is 1. The third-order valence-electron chi connectivity index (χ3n) is 6.16. The Morgan fingerprint density at radius 1 is 1.24 bits per heavy atom. The number of halogens is 1. The molecule has 5 rings (SSSR count). The number of nitrogens with two attached hydrogens (primary N) is 1. The highest BCUT2D eigenvalue weighted by atomic mass is 19.1. The molecule has 0 atom stereocenters. The van der Waals surface area contributed by atoms with Crippen LogP contribution in [0.3, 0.4) is 0 Å². The van der Waals surface area contributed by atoms with Crippen LogP contribution in [0.4, 0.5) is 15.9 Å². The average Bonchev–Trinajstić information content (AvgIpc) is 3.13. The Hall–Kier alpha value is -3.96. The SMILES string of the molecule is [C-]#[N+]c1c(-c2ccc3c(OC)cc(-c4ccccc4)nc3c2F)nn(C2CC(C)(O)C2)c1N. The van der Waals surface area contributed by atoms with Crippen molar-refractivity contribution in [1.29, 1.82) is 0 Å². The second-order valence-corrected chi connectivity index (χ2v) is 8.60. The van der Waals surface area contributed by atoms with E-state index in [1.54, 1.807) is 25.1 Å². The smallest absolute Gasteiger partial charge is 0.254 e. The Bertz CT molecular complexity index is 1410. The highest BCUT2D eigenvalue weighted by Crippen LogP contribution is 2.46. The van der Waals surface area contributed by atoms with Crippen LogP contribution in [-0.4, -0.2) is 32.6 Å². The van der Waals surface area contributed by atoms with Crippen LogP contribution in [0.15, 0.2) is 48.5 Å². The van der Waals surface area contributed by atoms with Crippen LogP contribution in [0, 0.1) is 12.4 Å². The molecule has 0 bridgehead atoms. The van der Waals surface area contributed by atoms with Gasteiger partial charge in [0.05, 0.1) is 31.0 Å². The molecule has 2 aromatic heterocycles. The molecule has 2 heterocycles. The second-order valence-electron chi connectivity index (χ2n) is 8.60. The molecular weight excluding hydrogens is 421 g/mol. The largest absolute Gasteiger partial charge is 0.496 e. The van der Waals surface area contributed by atoms with Crippen molar-refractivity contribution in [1.82, 2.24) is 14.8 Å². The van der Waals surface area contributed by atoms with Gasteiger partial charge in [0.2, 0.25) is 0 Å². The van der Waals surface area contributed by atoms with Crippen molar-refractivity contribution in [2.24, 2.45) is 0 Å². The summed E-state index contributed by atoms with van der Waals surface area (Å²) in [5, 5.41) is 15.1. The van der Waals surface area contributed by atoms with E-state index in [-0.39, 0.29) is 34.3 Å². The van der Waals surface area contributed by atoms with E-state index in [1.165, 1.54) is 11.8 Å². The van der Waals surface area contributed by atoms with Crippen molar-refractivity contribution in [3.05, 3.63) is 65.8 Å². The zero-order valence-corrected chi connectivity index (χ0v) is 18.2. The molecule has 166 valence electrons. The predicted molar refractivity (Wildman–Crippen MR) is 124 cm³/mol. The predicted octanol–water partition coefficient (Wildman–Crippen LogP) is 5.13. The minimum atomic E-state index is -0.788. The van der Waals surface area contributed by atoms with Gasteiger partial charge in [-0.25, -0.2) is 14.2 Å². The summed E-state index contributed by atoms with van der Waals surface area (Å²) >= 11 is 0. The number of hydrogen-bond donors (Lipinski definition) is 2. The van der Waals surface area contributed by atoms with Crippen LogP contribution in [0.2, 0.25) is 0 Å². The fourth-order valence-corrected chi connectivity index (χ4v) is 4.47. The van der Waals surface area contributed by atoms with Crippen molar-refractivity contribution in [2.45, 2.75) is 31.4 Å². The summed E-state index contributed by atoms with van der Waals surface area (Å²) in [5.41, 5.74) is 7.34. The summed E-state index contributed by atoms with van der Waals surface area (Å²) in [5.74, 6) is 0.0683. The van der Waals surface area contributed by atoms with E-state index >= 15 is 4.39 Å². The summed E-state index contributed by atoms with van der Waals surface area (Å²) in [6.45, 7) is 9.35.